The molecule has 0 radical (unpaired) electrons. The first-order valence-electron chi connectivity index (χ1n) is 8.12. The number of nitrogens with zero attached hydrogens (tertiary/aromatic N) is 4. The minimum absolute atomic E-state index is 0.0529. The maximum Gasteiger partial charge on any atom is 0.248 e. The molecule has 0 spiro atoms. The number of amides is 2. The van der Waals surface area contributed by atoms with Crippen molar-refractivity contribution >= 4 is 17.5 Å². The van der Waals surface area contributed by atoms with E-state index in [1.807, 2.05) is 24.3 Å². The van der Waals surface area contributed by atoms with Crippen LogP contribution in [0.3, 0.4) is 0 Å². The molecule has 8 nitrogen and oxygen atoms in total. The average molecular weight is 350 g/mol. The van der Waals surface area contributed by atoms with Crippen molar-refractivity contribution in [1.29, 1.82) is 0 Å². The molecule has 132 valence electrons. The monoisotopic (exact) mass is 350 g/mol. The van der Waals surface area contributed by atoms with Gasteiger partial charge in [0.15, 0.2) is 0 Å². The van der Waals surface area contributed by atoms with Crippen LogP contribution in [0.2, 0.25) is 0 Å². The van der Waals surface area contributed by atoms with Crippen molar-refractivity contribution in [3.63, 3.8) is 0 Å². The van der Waals surface area contributed by atoms with Gasteiger partial charge in [0.1, 0.15) is 6.54 Å². The highest BCUT2D eigenvalue weighted by Gasteiger charge is 2.10. The zero-order valence-electron chi connectivity index (χ0n) is 14.2. The summed E-state index contributed by atoms with van der Waals surface area (Å²) >= 11 is 0. The largest absolute Gasteiger partial charge is 0.366 e. The number of carbonyl (C=O) groups excluding carboxylic acids is 2. The Labute approximate surface area is 150 Å². The van der Waals surface area contributed by atoms with Crippen molar-refractivity contribution in [2.45, 2.75) is 19.9 Å². The second kappa shape index (κ2) is 7.56. The zero-order chi connectivity index (χ0) is 18.5. The van der Waals surface area contributed by atoms with Crippen molar-refractivity contribution in [2.75, 3.05) is 5.32 Å². The highest BCUT2D eigenvalue weighted by molar-refractivity contribution is 5.93. The van der Waals surface area contributed by atoms with E-state index in [4.69, 9.17) is 5.73 Å². The summed E-state index contributed by atoms with van der Waals surface area (Å²) in [6.45, 7) is 2.00. The van der Waals surface area contributed by atoms with Crippen LogP contribution < -0.4 is 11.1 Å². The van der Waals surface area contributed by atoms with Crippen molar-refractivity contribution in [2.24, 2.45) is 5.73 Å². The predicted molar refractivity (Wildman–Crippen MR) is 96.2 cm³/mol. The Kier molecular flexibility index (Phi) is 5.02. The van der Waals surface area contributed by atoms with Gasteiger partial charge in [-0.15, -0.1) is 10.2 Å². The average Bonchev–Trinajstić information content (AvgIpc) is 3.10. The maximum atomic E-state index is 12.2. The predicted octanol–water partition coefficient (Wildman–Crippen LogP) is 1.64. The van der Waals surface area contributed by atoms with E-state index in [1.54, 1.807) is 24.3 Å². The van der Waals surface area contributed by atoms with Crippen LogP contribution in [-0.4, -0.2) is 32.0 Å². The molecule has 0 fully saturated rings. The van der Waals surface area contributed by atoms with Gasteiger partial charge in [-0.25, -0.2) is 0 Å². The van der Waals surface area contributed by atoms with Crippen LogP contribution in [0.15, 0.2) is 48.5 Å². The number of nitrogens with two attached hydrogens (primary N) is 1. The van der Waals surface area contributed by atoms with Crippen LogP contribution in [0.1, 0.15) is 22.8 Å². The summed E-state index contributed by atoms with van der Waals surface area (Å²) in [5, 5.41) is 14.8. The SMILES string of the molecule is CCc1cccc(NC(=O)Cn2nnc(-c3ccc(C(N)=O)cc3)n2)c1. The van der Waals surface area contributed by atoms with Crippen molar-refractivity contribution in [3.05, 3.63) is 59.7 Å². The molecule has 8 heteroatoms. The molecule has 2 amide bonds. The van der Waals surface area contributed by atoms with Crippen LogP contribution in [0.25, 0.3) is 11.4 Å². The van der Waals surface area contributed by atoms with Crippen LogP contribution in [-0.2, 0) is 17.8 Å². The Morgan fingerprint density at radius 2 is 1.92 bits per heavy atom. The second-order valence-corrected chi connectivity index (χ2v) is 5.69. The summed E-state index contributed by atoms with van der Waals surface area (Å²) in [4.78, 5) is 24.5. The topological polar surface area (TPSA) is 116 Å². The number of tetrazole rings is 1. The summed E-state index contributed by atoms with van der Waals surface area (Å²) in [5.41, 5.74) is 8.16. The number of carbonyl (C=O) groups is 2. The van der Waals surface area contributed by atoms with Crippen LogP contribution in [0.4, 0.5) is 5.69 Å². The number of nitrogens with one attached hydrogen (secondary N) is 1. The first-order chi connectivity index (χ1) is 12.5. The fraction of sp³-hybridized carbons (Fsp3) is 0.167. The summed E-state index contributed by atoms with van der Waals surface area (Å²) in [5.74, 6) is -0.384. The lowest BCUT2D eigenvalue weighted by Gasteiger charge is -2.05. The summed E-state index contributed by atoms with van der Waals surface area (Å²) < 4.78 is 0. The lowest BCUT2D eigenvalue weighted by atomic mass is 10.1. The van der Waals surface area contributed by atoms with Crippen molar-refractivity contribution < 1.29 is 9.59 Å². The van der Waals surface area contributed by atoms with Gasteiger partial charge in [0.05, 0.1) is 0 Å². The number of hydrogen-bond acceptors (Lipinski definition) is 5. The molecule has 0 aliphatic rings. The van der Waals surface area contributed by atoms with Gasteiger partial charge in [-0.2, -0.15) is 4.80 Å². The van der Waals surface area contributed by atoms with Gasteiger partial charge in [-0.3, -0.25) is 9.59 Å². The highest BCUT2D eigenvalue weighted by atomic mass is 16.2. The van der Waals surface area contributed by atoms with Gasteiger partial charge in [-0.1, -0.05) is 31.2 Å². The summed E-state index contributed by atoms with van der Waals surface area (Å²) in [6.07, 6.45) is 0.895. The highest BCUT2D eigenvalue weighted by Crippen LogP contribution is 2.14. The molecule has 3 aromatic rings. The molecule has 0 unspecified atom stereocenters. The third kappa shape index (κ3) is 4.10. The number of aryl methyl sites for hydroxylation is 1. The van der Waals surface area contributed by atoms with E-state index in [0.717, 1.165) is 17.7 Å². The normalized spacial score (nSPS) is 10.5. The van der Waals surface area contributed by atoms with E-state index in [1.165, 1.54) is 4.80 Å². The molecule has 0 aliphatic heterocycles. The molecule has 2 aromatic carbocycles. The number of rotatable bonds is 6. The zero-order valence-corrected chi connectivity index (χ0v) is 14.2. The molecule has 1 aromatic heterocycles. The van der Waals surface area contributed by atoms with Gasteiger partial charge < -0.3 is 11.1 Å². The number of anilines is 1. The Morgan fingerprint density at radius 3 is 2.62 bits per heavy atom. The van der Waals surface area contributed by atoms with Gasteiger partial charge >= 0.3 is 0 Å². The lowest BCUT2D eigenvalue weighted by molar-refractivity contribution is -0.117. The van der Waals surface area contributed by atoms with Gasteiger partial charge in [0.2, 0.25) is 17.6 Å². The molecule has 0 saturated carbocycles. The first-order valence-corrected chi connectivity index (χ1v) is 8.12. The van der Waals surface area contributed by atoms with Crippen molar-refractivity contribution in [1.82, 2.24) is 20.2 Å². The number of aromatic nitrogens is 4. The Bertz CT molecular complexity index is 933. The quantitative estimate of drug-likeness (QED) is 0.701. The molecular formula is C18H18N6O2. The minimum atomic E-state index is -0.503. The fourth-order valence-electron chi connectivity index (χ4n) is 2.41. The first kappa shape index (κ1) is 17.3. The maximum absolute atomic E-state index is 12.2. The van der Waals surface area contributed by atoms with Crippen LogP contribution in [0, 0.1) is 0 Å². The molecule has 0 aliphatic carbocycles. The van der Waals surface area contributed by atoms with E-state index in [-0.39, 0.29) is 12.5 Å². The molecule has 0 atom stereocenters. The van der Waals surface area contributed by atoms with Gasteiger partial charge in [0.25, 0.3) is 0 Å². The molecule has 0 saturated heterocycles. The lowest BCUT2D eigenvalue weighted by Crippen LogP contribution is -2.20. The van der Waals surface area contributed by atoms with Crippen LogP contribution in [0.5, 0.6) is 0 Å². The molecular weight excluding hydrogens is 332 g/mol. The second-order valence-electron chi connectivity index (χ2n) is 5.69. The van der Waals surface area contributed by atoms with E-state index in [2.05, 4.69) is 27.7 Å². The molecule has 26 heavy (non-hydrogen) atoms. The van der Waals surface area contributed by atoms with Gasteiger partial charge in [-0.05, 0) is 41.5 Å². The minimum Gasteiger partial charge on any atom is -0.366 e. The number of benzene rings is 2. The Balaban J connectivity index is 1.65. The molecule has 3 N–H and O–H groups in total. The summed E-state index contributed by atoms with van der Waals surface area (Å²) in [6, 6.07) is 14.2. The Hall–Kier alpha value is -3.55. The Morgan fingerprint density at radius 1 is 1.15 bits per heavy atom. The standard InChI is InChI=1S/C18H18N6O2/c1-2-12-4-3-5-15(10-12)20-16(25)11-24-22-18(21-23-24)14-8-6-13(7-9-14)17(19)26/h3-10H,2,11H2,1H3,(H2,19,26)(H,20,25). The van der Waals surface area contributed by atoms with Gasteiger partial charge in [0, 0.05) is 16.8 Å². The summed E-state index contributed by atoms with van der Waals surface area (Å²) in [7, 11) is 0. The van der Waals surface area contributed by atoms with Crippen LogP contribution >= 0.6 is 0 Å². The van der Waals surface area contributed by atoms with E-state index in [0.29, 0.717) is 17.0 Å². The fourth-order valence-corrected chi connectivity index (χ4v) is 2.41. The molecule has 0 bridgehead atoms. The third-order valence-corrected chi connectivity index (χ3v) is 3.78. The van der Waals surface area contributed by atoms with Crippen molar-refractivity contribution in [3.8, 4) is 11.4 Å². The van der Waals surface area contributed by atoms with E-state index >= 15 is 0 Å². The number of primary amides is 1. The molecule has 1 heterocycles. The van der Waals surface area contributed by atoms with E-state index < -0.39 is 5.91 Å². The number of hydrogen-bond donors (Lipinski definition) is 2. The molecule has 3 rings (SSSR count). The van der Waals surface area contributed by atoms with E-state index in [9.17, 15) is 9.59 Å². The smallest absolute Gasteiger partial charge is 0.248 e. The third-order valence-electron chi connectivity index (χ3n) is 3.78.